The number of carbonyl (C=O) groups excluding carboxylic acids is 4. The molecule has 1 aromatic rings. The van der Waals surface area contributed by atoms with Crippen molar-refractivity contribution < 1.29 is 33.4 Å². The van der Waals surface area contributed by atoms with E-state index in [1.54, 1.807) is 18.2 Å². The molecule has 0 aliphatic carbocycles. The van der Waals surface area contributed by atoms with Crippen LogP contribution in [0, 0.1) is 11.8 Å². The van der Waals surface area contributed by atoms with Crippen LogP contribution in [0.3, 0.4) is 0 Å². The maximum absolute atomic E-state index is 12.6. The molecule has 0 bridgehead atoms. The van der Waals surface area contributed by atoms with Crippen LogP contribution in [0.2, 0.25) is 0 Å². The second-order valence-electron chi connectivity index (χ2n) is 5.52. The molecule has 0 aliphatic rings. The Morgan fingerprint density at radius 1 is 0.852 bits per heavy atom. The fourth-order valence-corrected chi connectivity index (χ4v) is 3.71. The van der Waals surface area contributed by atoms with Gasteiger partial charge in [0.1, 0.15) is 6.04 Å². The van der Waals surface area contributed by atoms with Crippen molar-refractivity contribution >= 4 is 55.7 Å². The summed E-state index contributed by atoms with van der Waals surface area (Å²) < 4.78 is 15.3. The number of ether oxygens (including phenoxy) is 3. The second-order valence-corrected chi connectivity index (χ2v) is 7.35. The van der Waals surface area contributed by atoms with Gasteiger partial charge >= 0.3 is 17.9 Å². The van der Waals surface area contributed by atoms with Gasteiger partial charge in [0.05, 0.1) is 21.3 Å². The zero-order valence-electron chi connectivity index (χ0n) is 15.1. The Morgan fingerprint density at radius 3 is 1.70 bits per heavy atom. The van der Waals surface area contributed by atoms with Crippen molar-refractivity contribution in [3.8, 4) is 0 Å². The molecule has 0 fully saturated rings. The summed E-state index contributed by atoms with van der Waals surface area (Å²) in [5.74, 6) is -5.59. The van der Waals surface area contributed by atoms with Crippen molar-refractivity contribution in [2.45, 2.75) is 13.0 Å². The second kappa shape index (κ2) is 10.4. The van der Waals surface area contributed by atoms with E-state index < -0.39 is 41.7 Å². The van der Waals surface area contributed by atoms with Gasteiger partial charge in [0.15, 0.2) is 5.92 Å². The van der Waals surface area contributed by atoms with Crippen LogP contribution >= 0.6 is 31.9 Å². The van der Waals surface area contributed by atoms with Crippen molar-refractivity contribution in [1.82, 2.24) is 5.32 Å². The van der Waals surface area contributed by atoms with Gasteiger partial charge in [-0.15, -0.1) is 0 Å². The molecular weight excluding hydrogens is 490 g/mol. The number of hydrogen-bond acceptors (Lipinski definition) is 7. The standard InChI is InChI=1S/C17H19Br2NO7/c1-8(12(15(22)25-2)16(23)26-3)13(17(24)27-4)20-14(21)9-5-10(18)7-11(19)6-9/h5-8,12-13H,1-4H3,(H,20,21)/t8-,13+/m0/s1. The molecule has 0 aromatic heterocycles. The number of hydrogen-bond donors (Lipinski definition) is 1. The van der Waals surface area contributed by atoms with Crippen LogP contribution in [0.25, 0.3) is 0 Å². The van der Waals surface area contributed by atoms with Crippen LogP contribution in [-0.2, 0) is 28.6 Å². The summed E-state index contributed by atoms with van der Waals surface area (Å²) in [6.45, 7) is 1.44. The van der Waals surface area contributed by atoms with E-state index in [1.807, 2.05) is 0 Å². The predicted molar refractivity (Wildman–Crippen MR) is 102 cm³/mol. The van der Waals surface area contributed by atoms with Gasteiger partial charge in [-0.1, -0.05) is 38.8 Å². The van der Waals surface area contributed by atoms with Crippen molar-refractivity contribution in [3.05, 3.63) is 32.7 Å². The van der Waals surface area contributed by atoms with Crippen molar-refractivity contribution in [3.63, 3.8) is 0 Å². The summed E-state index contributed by atoms with van der Waals surface area (Å²) in [5.41, 5.74) is 0.255. The van der Waals surface area contributed by atoms with E-state index in [4.69, 9.17) is 4.74 Å². The fourth-order valence-electron chi connectivity index (χ4n) is 2.41. The lowest BCUT2D eigenvalue weighted by Gasteiger charge is -2.27. The number of carbonyl (C=O) groups is 4. The maximum Gasteiger partial charge on any atom is 0.328 e. The molecule has 0 radical (unpaired) electrons. The van der Waals surface area contributed by atoms with E-state index in [9.17, 15) is 19.2 Å². The first-order valence-corrected chi connectivity index (χ1v) is 9.25. The maximum atomic E-state index is 12.6. The first-order chi connectivity index (χ1) is 12.7. The Kier molecular flexibility index (Phi) is 8.91. The topological polar surface area (TPSA) is 108 Å². The lowest BCUT2D eigenvalue weighted by Crippen LogP contribution is -2.51. The van der Waals surface area contributed by atoms with Crippen LogP contribution in [0.5, 0.6) is 0 Å². The highest BCUT2D eigenvalue weighted by molar-refractivity contribution is 9.11. The lowest BCUT2D eigenvalue weighted by atomic mass is 9.87. The number of rotatable bonds is 7. The van der Waals surface area contributed by atoms with Gasteiger partial charge in [0.25, 0.3) is 5.91 Å². The summed E-state index contributed by atoms with van der Waals surface area (Å²) >= 11 is 6.55. The predicted octanol–water partition coefficient (Wildman–Crippen LogP) is 2.08. The van der Waals surface area contributed by atoms with Gasteiger partial charge in [-0.05, 0) is 18.2 Å². The van der Waals surface area contributed by atoms with E-state index in [1.165, 1.54) is 6.92 Å². The van der Waals surface area contributed by atoms with Gasteiger partial charge in [0, 0.05) is 20.4 Å². The smallest absolute Gasteiger partial charge is 0.328 e. The first kappa shape index (κ1) is 23.1. The van der Waals surface area contributed by atoms with Gasteiger partial charge < -0.3 is 19.5 Å². The third-order valence-electron chi connectivity index (χ3n) is 3.83. The van der Waals surface area contributed by atoms with E-state index in [-0.39, 0.29) is 5.56 Å². The number of benzene rings is 1. The normalized spacial score (nSPS) is 12.7. The Balaban J connectivity index is 3.20. The number of nitrogens with one attached hydrogen (secondary N) is 1. The highest BCUT2D eigenvalue weighted by Gasteiger charge is 2.42. The van der Waals surface area contributed by atoms with E-state index in [0.717, 1.165) is 21.3 Å². The highest BCUT2D eigenvalue weighted by atomic mass is 79.9. The third-order valence-corrected chi connectivity index (χ3v) is 4.74. The van der Waals surface area contributed by atoms with Gasteiger partial charge in [-0.2, -0.15) is 0 Å². The average Bonchev–Trinajstić information content (AvgIpc) is 2.63. The van der Waals surface area contributed by atoms with Crippen molar-refractivity contribution in [2.75, 3.05) is 21.3 Å². The van der Waals surface area contributed by atoms with E-state index >= 15 is 0 Å². The zero-order chi connectivity index (χ0) is 20.7. The monoisotopic (exact) mass is 507 g/mol. The molecule has 1 rings (SSSR count). The quantitative estimate of drug-likeness (QED) is 0.341. The van der Waals surface area contributed by atoms with Gasteiger partial charge in [-0.3, -0.25) is 14.4 Å². The minimum absolute atomic E-state index is 0.255. The molecule has 0 saturated heterocycles. The number of esters is 3. The zero-order valence-corrected chi connectivity index (χ0v) is 18.2. The highest BCUT2D eigenvalue weighted by Crippen LogP contribution is 2.23. The molecule has 1 N–H and O–H groups in total. The third kappa shape index (κ3) is 6.03. The number of halogens is 2. The molecule has 1 aromatic carbocycles. The van der Waals surface area contributed by atoms with Crippen LogP contribution in [0.4, 0.5) is 0 Å². The van der Waals surface area contributed by atoms with Crippen molar-refractivity contribution in [1.29, 1.82) is 0 Å². The molecule has 27 heavy (non-hydrogen) atoms. The minimum atomic E-state index is -1.42. The molecule has 148 valence electrons. The molecule has 0 unspecified atom stereocenters. The van der Waals surface area contributed by atoms with Gasteiger partial charge in [-0.25, -0.2) is 4.79 Å². The molecule has 1 amide bonds. The van der Waals surface area contributed by atoms with Crippen LogP contribution in [-0.4, -0.2) is 51.2 Å². The molecule has 2 atom stereocenters. The Hall–Kier alpha value is -1.94. The largest absolute Gasteiger partial charge is 0.468 e. The van der Waals surface area contributed by atoms with Crippen LogP contribution in [0.1, 0.15) is 17.3 Å². The minimum Gasteiger partial charge on any atom is -0.468 e. The molecule has 0 heterocycles. The molecular formula is C17H19Br2NO7. The number of amides is 1. The Morgan fingerprint density at radius 2 is 1.30 bits per heavy atom. The fraction of sp³-hybridized carbons (Fsp3) is 0.412. The average molecular weight is 509 g/mol. The van der Waals surface area contributed by atoms with Crippen LogP contribution in [0.15, 0.2) is 27.1 Å². The summed E-state index contributed by atoms with van der Waals surface area (Å²) in [6, 6.07) is 3.55. The molecule has 8 nitrogen and oxygen atoms in total. The van der Waals surface area contributed by atoms with Gasteiger partial charge in [0.2, 0.25) is 0 Å². The molecule has 0 saturated carbocycles. The van der Waals surface area contributed by atoms with E-state index in [2.05, 4.69) is 46.7 Å². The van der Waals surface area contributed by atoms with Crippen molar-refractivity contribution in [2.24, 2.45) is 11.8 Å². The summed E-state index contributed by atoms with van der Waals surface area (Å²) in [6.07, 6.45) is 0. The first-order valence-electron chi connectivity index (χ1n) is 7.66. The Labute approximate surface area is 173 Å². The molecule has 0 spiro atoms. The van der Waals surface area contributed by atoms with E-state index in [0.29, 0.717) is 8.95 Å². The lowest BCUT2D eigenvalue weighted by molar-refractivity contribution is -0.162. The molecule has 0 aliphatic heterocycles. The summed E-state index contributed by atoms with van der Waals surface area (Å²) in [5, 5.41) is 2.51. The van der Waals surface area contributed by atoms with Crippen LogP contribution < -0.4 is 5.32 Å². The Bertz CT molecular complexity index is 702. The molecule has 10 heteroatoms. The summed E-state index contributed by atoms with van der Waals surface area (Å²) in [7, 11) is 3.35. The summed E-state index contributed by atoms with van der Waals surface area (Å²) in [4.78, 5) is 48.8. The SMILES string of the molecule is COC(=O)C(C(=O)OC)[C@H](C)[C@@H](NC(=O)c1cc(Br)cc(Br)c1)C(=O)OC. The number of methoxy groups -OCH3 is 3.